The number of benzene rings is 2. The number of carbonyl (C=O) groups excluding carboxylic acids is 1. The van der Waals surface area contributed by atoms with Crippen LogP contribution < -0.4 is 10.6 Å². The molecule has 0 spiro atoms. The fraction of sp³-hybridized carbons (Fsp3) is 0.261. The number of amides is 1. The Balaban J connectivity index is 2.02. The number of hydrogen-bond acceptors (Lipinski definition) is 5. The van der Waals surface area contributed by atoms with Gasteiger partial charge in [0.25, 0.3) is 5.91 Å². The summed E-state index contributed by atoms with van der Waals surface area (Å²) in [6, 6.07) is 15.6. The number of rotatable bonds is 7. The molecule has 0 aliphatic carbocycles. The molecule has 0 saturated heterocycles. The van der Waals surface area contributed by atoms with Crippen LogP contribution in [0.1, 0.15) is 25.0 Å². The molecule has 0 saturated carbocycles. The second kappa shape index (κ2) is 9.88. The van der Waals surface area contributed by atoms with Crippen LogP contribution in [-0.2, 0) is 16.1 Å². The van der Waals surface area contributed by atoms with Crippen molar-refractivity contribution in [3.63, 3.8) is 0 Å². The average Bonchev–Trinajstić information content (AvgIpc) is 2.76. The lowest BCUT2D eigenvalue weighted by atomic mass is 10.0. The Hall–Kier alpha value is -3.68. The molecule has 1 aliphatic heterocycles. The smallest absolute Gasteiger partial charge is 0.322 e. The number of aliphatic imine (C=N–C) groups is 1. The molecule has 2 aromatic carbocycles. The largest absolute Gasteiger partial charge is 0.480 e. The van der Waals surface area contributed by atoms with Crippen molar-refractivity contribution < 1.29 is 19.1 Å². The number of nitrogens with one attached hydrogen (secondary N) is 2. The SMILES string of the molecule is CC(C)N(Cc1ccccc1)C(=O)C1=C(c2ccccc2F)N=C(NCC(=O)O)NC1. The lowest BCUT2D eigenvalue weighted by molar-refractivity contribution is -0.135. The molecule has 0 atom stereocenters. The highest BCUT2D eigenvalue weighted by atomic mass is 19.1. The number of hydrogen-bond donors (Lipinski definition) is 3. The van der Waals surface area contributed by atoms with Crippen LogP contribution in [0.4, 0.5) is 4.39 Å². The Labute approximate surface area is 180 Å². The van der Waals surface area contributed by atoms with Crippen LogP contribution >= 0.6 is 0 Å². The second-order valence-electron chi connectivity index (χ2n) is 7.38. The van der Waals surface area contributed by atoms with Gasteiger partial charge < -0.3 is 20.6 Å². The molecule has 1 aliphatic rings. The summed E-state index contributed by atoms with van der Waals surface area (Å²) in [6.07, 6.45) is 0. The normalized spacial score (nSPS) is 13.5. The van der Waals surface area contributed by atoms with E-state index in [1.54, 1.807) is 23.1 Å². The number of nitrogens with zero attached hydrogens (tertiary/aromatic N) is 2. The fourth-order valence-corrected chi connectivity index (χ4v) is 3.23. The van der Waals surface area contributed by atoms with Crippen molar-refractivity contribution in [1.82, 2.24) is 15.5 Å². The van der Waals surface area contributed by atoms with Crippen LogP contribution in [0.15, 0.2) is 65.2 Å². The van der Waals surface area contributed by atoms with Crippen molar-refractivity contribution >= 4 is 23.5 Å². The van der Waals surface area contributed by atoms with E-state index in [-0.39, 0.29) is 42.3 Å². The van der Waals surface area contributed by atoms with Crippen LogP contribution in [0.2, 0.25) is 0 Å². The maximum absolute atomic E-state index is 14.6. The van der Waals surface area contributed by atoms with Gasteiger partial charge >= 0.3 is 5.97 Å². The van der Waals surface area contributed by atoms with Crippen molar-refractivity contribution in [3.8, 4) is 0 Å². The fourth-order valence-electron chi connectivity index (χ4n) is 3.23. The van der Waals surface area contributed by atoms with Crippen molar-refractivity contribution in [3.05, 3.63) is 77.1 Å². The summed E-state index contributed by atoms with van der Waals surface area (Å²) >= 11 is 0. The van der Waals surface area contributed by atoms with Gasteiger partial charge in [0.05, 0.1) is 17.8 Å². The molecule has 1 amide bonds. The monoisotopic (exact) mass is 424 g/mol. The molecule has 3 N–H and O–H groups in total. The first-order chi connectivity index (χ1) is 14.9. The molecule has 0 bridgehead atoms. The van der Waals surface area contributed by atoms with Crippen molar-refractivity contribution in [1.29, 1.82) is 0 Å². The van der Waals surface area contributed by atoms with Gasteiger partial charge in [0, 0.05) is 18.2 Å². The molecule has 162 valence electrons. The minimum atomic E-state index is -1.06. The Kier molecular flexibility index (Phi) is 7.02. The van der Waals surface area contributed by atoms with E-state index in [0.29, 0.717) is 12.1 Å². The maximum Gasteiger partial charge on any atom is 0.322 e. The van der Waals surface area contributed by atoms with E-state index >= 15 is 0 Å². The Morgan fingerprint density at radius 3 is 2.48 bits per heavy atom. The van der Waals surface area contributed by atoms with E-state index in [2.05, 4.69) is 15.6 Å². The molecule has 0 unspecified atom stereocenters. The number of halogens is 1. The third kappa shape index (κ3) is 5.48. The van der Waals surface area contributed by atoms with Gasteiger partial charge in [-0.05, 0) is 31.5 Å². The van der Waals surface area contributed by atoms with Crippen LogP contribution in [0.5, 0.6) is 0 Å². The summed E-state index contributed by atoms with van der Waals surface area (Å²) in [4.78, 5) is 30.5. The van der Waals surface area contributed by atoms with E-state index in [1.165, 1.54) is 6.07 Å². The zero-order valence-corrected chi connectivity index (χ0v) is 17.4. The Morgan fingerprint density at radius 2 is 1.84 bits per heavy atom. The topological polar surface area (TPSA) is 94.0 Å². The average molecular weight is 424 g/mol. The summed E-state index contributed by atoms with van der Waals surface area (Å²) in [6.45, 7) is 3.98. The molecular formula is C23H25FN4O3. The maximum atomic E-state index is 14.6. The van der Waals surface area contributed by atoms with Gasteiger partial charge in [-0.25, -0.2) is 9.38 Å². The zero-order chi connectivity index (χ0) is 22.4. The van der Waals surface area contributed by atoms with Crippen molar-refractivity contribution in [2.24, 2.45) is 4.99 Å². The predicted octanol–water partition coefficient (Wildman–Crippen LogP) is 2.61. The van der Waals surface area contributed by atoms with E-state index in [4.69, 9.17) is 5.11 Å². The quantitative estimate of drug-likeness (QED) is 0.635. The van der Waals surface area contributed by atoms with Crippen LogP contribution in [0, 0.1) is 5.82 Å². The van der Waals surface area contributed by atoms with Gasteiger partial charge in [0.1, 0.15) is 12.4 Å². The Bertz CT molecular complexity index is 1020. The van der Waals surface area contributed by atoms with Gasteiger partial charge in [-0.15, -0.1) is 0 Å². The van der Waals surface area contributed by atoms with E-state index < -0.39 is 11.8 Å². The molecule has 31 heavy (non-hydrogen) atoms. The molecule has 8 heteroatoms. The van der Waals surface area contributed by atoms with Gasteiger partial charge in [-0.3, -0.25) is 9.59 Å². The molecule has 0 aromatic heterocycles. The lowest BCUT2D eigenvalue weighted by Gasteiger charge is -2.30. The van der Waals surface area contributed by atoms with Gasteiger partial charge in [-0.2, -0.15) is 0 Å². The van der Waals surface area contributed by atoms with Crippen molar-refractivity contribution in [2.75, 3.05) is 13.1 Å². The van der Waals surface area contributed by atoms with Crippen LogP contribution in [0.25, 0.3) is 5.70 Å². The molecule has 3 rings (SSSR count). The van der Waals surface area contributed by atoms with E-state index in [1.807, 2.05) is 44.2 Å². The Morgan fingerprint density at radius 1 is 1.16 bits per heavy atom. The van der Waals surface area contributed by atoms with Gasteiger partial charge in [-0.1, -0.05) is 42.5 Å². The van der Waals surface area contributed by atoms with Crippen LogP contribution in [-0.4, -0.2) is 47.0 Å². The van der Waals surface area contributed by atoms with E-state index in [0.717, 1.165) is 5.56 Å². The number of carboxylic acids is 1. The lowest BCUT2D eigenvalue weighted by Crippen LogP contribution is -2.46. The first kappa shape index (κ1) is 22.0. The summed E-state index contributed by atoms with van der Waals surface area (Å²) in [5, 5.41) is 14.5. The highest BCUT2D eigenvalue weighted by Crippen LogP contribution is 2.27. The molecule has 0 fully saturated rings. The summed E-state index contributed by atoms with van der Waals surface area (Å²) in [7, 11) is 0. The number of carboxylic acid groups (broad SMARTS) is 1. The highest BCUT2D eigenvalue weighted by molar-refractivity contribution is 6.05. The third-order valence-electron chi connectivity index (χ3n) is 4.82. The third-order valence-corrected chi connectivity index (χ3v) is 4.82. The first-order valence-corrected chi connectivity index (χ1v) is 9.98. The highest BCUT2D eigenvalue weighted by Gasteiger charge is 2.28. The zero-order valence-electron chi connectivity index (χ0n) is 17.4. The number of guanidine groups is 1. The van der Waals surface area contributed by atoms with Crippen molar-refractivity contribution in [2.45, 2.75) is 26.4 Å². The summed E-state index contributed by atoms with van der Waals surface area (Å²) in [5.74, 6) is -1.65. The van der Waals surface area contributed by atoms with Gasteiger partial charge in [0.15, 0.2) is 5.96 Å². The summed E-state index contributed by atoms with van der Waals surface area (Å²) < 4.78 is 14.6. The molecular weight excluding hydrogens is 399 g/mol. The van der Waals surface area contributed by atoms with E-state index in [9.17, 15) is 14.0 Å². The first-order valence-electron chi connectivity index (χ1n) is 9.98. The predicted molar refractivity (Wildman–Crippen MR) is 117 cm³/mol. The van der Waals surface area contributed by atoms with Crippen LogP contribution in [0.3, 0.4) is 0 Å². The summed E-state index contributed by atoms with van der Waals surface area (Å²) in [5.41, 5.74) is 1.67. The van der Waals surface area contributed by atoms with Gasteiger partial charge in [0.2, 0.25) is 0 Å². The minimum absolute atomic E-state index is 0.0892. The molecule has 1 heterocycles. The minimum Gasteiger partial charge on any atom is -0.480 e. The molecule has 0 radical (unpaired) electrons. The molecule has 2 aromatic rings. The number of carbonyl (C=O) groups is 2. The number of aliphatic carboxylic acids is 1. The second-order valence-corrected chi connectivity index (χ2v) is 7.38. The molecule has 7 nitrogen and oxygen atoms in total. The standard InChI is InChI=1S/C23H25FN4O3/c1-15(2)28(14-16-8-4-3-5-9-16)22(31)18-12-25-23(26-13-20(29)30)27-21(18)17-10-6-7-11-19(17)24/h3-11,15H,12-14H2,1-2H3,(H,29,30)(H2,25,26,27).